The number of aryl methyl sites for hydroxylation is 1. The molecule has 0 aliphatic carbocycles. The second-order valence-electron chi connectivity index (χ2n) is 6.16. The first kappa shape index (κ1) is 18.1. The van der Waals surface area contributed by atoms with Crippen LogP contribution in [0.15, 0.2) is 48.7 Å². The number of hydrogen-bond acceptors (Lipinski definition) is 3. The van der Waals surface area contributed by atoms with Crippen molar-refractivity contribution >= 4 is 16.7 Å². The zero-order valence-corrected chi connectivity index (χ0v) is 15.0. The summed E-state index contributed by atoms with van der Waals surface area (Å²) in [6, 6.07) is 12.6. The Morgan fingerprint density at radius 2 is 1.96 bits per heavy atom. The third-order valence-electron chi connectivity index (χ3n) is 4.26. The Balaban J connectivity index is 2.00. The third-order valence-corrected chi connectivity index (χ3v) is 4.26. The molecule has 0 fully saturated rings. The van der Waals surface area contributed by atoms with Crippen LogP contribution in [-0.4, -0.2) is 24.1 Å². The summed E-state index contributed by atoms with van der Waals surface area (Å²) in [5, 5.41) is 0.786. The van der Waals surface area contributed by atoms with Crippen molar-refractivity contribution in [3.63, 3.8) is 0 Å². The summed E-state index contributed by atoms with van der Waals surface area (Å²) in [5.41, 5.74) is 2.56. The molecule has 0 aliphatic rings. The predicted octanol–water partition coefficient (Wildman–Crippen LogP) is 4.14. The molecule has 0 aliphatic heterocycles. The number of fused-ring (bicyclic) bond motifs is 1. The fourth-order valence-corrected chi connectivity index (χ4v) is 3.11. The van der Waals surface area contributed by atoms with Gasteiger partial charge in [-0.1, -0.05) is 30.3 Å². The van der Waals surface area contributed by atoms with Gasteiger partial charge in [0.2, 0.25) is 0 Å². The molecule has 3 aromatic rings. The number of benzene rings is 2. The number of nitrogens with zero attached hydrogens (tertiary/aromatic N) is 1. The van der Waals surface area contributed by atoms with Crippen LogP contribution in [0.3, 0.4) is 0 Å². The molecule has 0 N–H and O–H groups in total. The lowest BCUT2D eigenvalue weighted by atomic mass is 10.1. The summed E-state index contributed by atoms with van der Waals surface area (Å²) < 4.78 is 26.9. The Labute approximate surface area is 152 Å². The lowest BCUT2D eigenvalue weighted by molar-refractivity contribution is -0.121. The van der Waals surface area contributed by atoms with Crippen LogP contribution in [0.5, 0.6) is 5.75 Å². The van der Waals surface area contributed by atoms with E-state index in [1.54, 1.807) is 0 Å². The molecule has 2 aromatic carbocycles. The van der Waals surface area contributed by atoms with Gasteiger partial charge in [0.1, 0.15) is 24.8 Å². The van der Waals surface area contributed by atoms with Crippen molar-refractivity contribution in [2.45, 2.75) is 26.5 Å². The monoisotopic (exact) mass is 355 g/mol. The van der Waals surface area contributed by atoms with Crippen molar-refractivity contribution < 1.29 is 18.7 Å². The van der Waals surface area contributed by atoms with Crippen LogP contribution in [-0.2, 0) is 29.1 Å². The zero-order chi connectivity index (χ0) is 18.5. The second kappa shape index (κ2) is 8.15. The molecular formula is C21H22FNO3. The van der Waals surface area contributed by atoms with Gasteiger partial charge in [0.25, 0.3) is 0 Å². The van der Waals surface area contributed by atoms with Crippen LogP contribution in [0.4, 0.5) is 4.39 Å². The Kier molecular flexibility index (Phi) is 5.68. The molecule has 1 heterocycles. The van der Waals surface area contributed by atoms with Crippen molar-refractivity contribution in [3.05, 3.63) is 65.6 Å². The number of hydrogen-bond donors (Lipinski definition) is 0. The number of halogens is 1. The Hall–Kier alpha value is -2.66. The Bertz CT molecular complexity index is 903. The van der Waals surface area contributed by atoms with Crippen LogP contribution >= 0.6 is 0 Å². The largest absolute Gasteiger partial charge is 0.488 e. The molecule has 0 unspecified atom stereocenters. The van der Waals surface area contributed by atoms with Crippen LogP contribution in [0.25, 0.3) is 10.9 Å². The molecule has 26 heavy (non-hydrogen) atoms. The van der Waals surface area contributed by atoms with E-state index in [9.17, 15) is 9.18 Å². The fourth-order valence-electron chi connectivity index (χ4n) is 3.11. The number of ketones is 1. The van der Waals surface area contributed by atoms with Crippen molar-refractivity contribution in [3.8, 4) is 5.75 Å². The van der Waals surface area contributed by atoms with E-state index in [-0.39, 0.29) is 24.6 Å². The normalized spacial score (nSPS) is 11.0. The van der Waals surface area contributed by atoms with E-state index in [2.05, 4.69) is 0 Å². The summed E-state index contributed by atoms with van der Waals surface area (Å²) in [6.45, 7) is 3.05. The van der Waals surface area contributed by atoms with E-state index in [1.165, 1.54) is 19.2 Å². The highest BCUT2D eigenvalue weighted by Gasteiger charge is 2.17. The van der Waals surface area contributed by atoms with E-state index in [0.29, 0.717) is 18.9 Å². The Morgan fingerprint density at radius 3 is 2.65 bits per heavy atom. The van der Waals surface area contributed by atoms with E-state index >= 15 is 0 Å². The molecule has 0 radical (unpaired) electrons. The van der Waals surface area contributed by atoms with Gasteiger partial charge in [0.15, 0.2) is 5.78 Å². The molecule has 3 rings (SSSR count). The molecule has 0 saturated heterocycles. The van der Waals surface area contributed by atoms with Crippen LogP contribution in [0, 0.1) is 5.82 Å². The van der Waals surface area contributed by atoms with Gasteiger partial charge in [-0.3, -0.25) is 4.79 Å². The van der Waals surface area contributed by atoms with Gasteiger partial charge in [-0.05, 0) is 24.1 Å². The maximum atomic E-state index is 14.2. The number of aromatic nitrogens is 1. The summed E-state index contributed by atoms with van der Waals surface area (Å²) >= 11 is 0. The van der Waals surface area contributed by atoms with Gasteiger partial charge in [-0.2, -0.15) is 0 Å². The highest BCUT2D eigenvalue weighted by atomic mass is 19.1. The van der Waals surface area contributed by atoms with E-state index < -0.39 is 0 Å². The number of rotatable bonds is 8. The van der Waals surface area contributed by atoms with Gasteiger partial charge in [0, 0.05) is 37.7 Å². The molecule has 0 saturated carbocycles. The smallest absolute Gasteiger partial charge is 0.162 e. The molecule has 0 atom stereocenters. The first-order chi connectivity index (χ1) is 12.6. The van der Waals surface area contributed by atoms with E-state index in [1.807, 2.05) is 48.0 Å². The molecular weight excluding hydrogens is 333 g/mol. The van der Waals surface area contributed by atoms with Crippen molar-refractivity contribution in [1.29, 1.82) is 0 Å². The number of carbonyl (C=O) groups excluding carboxylic acids is 1. The average Bonchev–Trinajstić information content (AvgIpc) is 2.98. The summed E-state index contributed by atoms with van der Waals surface area (Å²) in [5.74, 6) is 0.0698. The van der Waals surface area contributed by atoms with Crippen LogP contribution in [0.1, 0.15) is 18.1 Å². The fraction of sp³-hybridized carbons (Fsp3) is 0.286. The maximum absolute atomic E-state index is 14.2. The number of ether oxygens (including phenoxy) is 2. The van der Waals surface area contributed by atoms with Crippen LogP contribution < -0.4 is 4.74 Å². The molecule has 1 aromatic heterocycles. The average molecular weight is 355 g/mol. The van der Waals surface area contributed by atoms with Crippen molar-refractivity contribution in [2.24, 2.45) is 0 Å². The SMILES string of the molecule is CCn1cc(CC(=O)COC)c2c(OCc3ccccc3)cc(F)cc21. The number of Topliss-reactive ketones (excluding diaryl/α,β-unsaturated/α-hetero) is 1. The second-order valence-corrected chi connectivity index (χ2v) is 6.16. The third kappa shape index (κ3) is 3.94. The topological polar surface area (TPSA) is 40.5 Å². The standard InChI is InChI=1S/C21H22FNO3/c1-3-23-12-16(9-18(24)14-25-2)21-19(23)10-17(22)11-20(21)26-13-15-7-5-4-6-8-15/h4-8,10-12H,3,9,13-14H2,1-2H3. The quantitative estimate of drug-likeness (QED) is 0.610. The predicted molar refractivity (Wildman–Crippen MR) is 98.9 cm³/mol. The van der Waals surface area contributed by atoms with Gasteiger partial charge in [-0.25, -0.2) is 4.39 Å². The molecule has 0 bridgehead atoms. The minimum absolute atomic E-state index is 0.0269. The van der Waals surface area contributed by atoms with Crippen molar-refractivity contribution in [1.82, 2.24) is 4.57 Å². The molecule has 4 nitrogen and oxygen atoms in total. The van der Waals surface area contributed by atoms with Gasteiger partial charge < -0.3 is 14.0 Å². The Morgan fingerprint density at radius 1 is 1.19 bits per heavy atom. The van der Waals surface area contributed by atoms with Crippen molar-refractivity contribution in [2.75, 3.05) is 13.7 Å². The highest BCUT2D eigenvalue weighted by Crippen LogP contribution is 2.33. The first-order valence-corrected chi connectivity index (χ1v) is 8.61. The summed E-state index contributed by atoms with van der Waals surface area (Å²) in [6.07, 6.45) is 2.12. The van der Waals surface area contributed by atoms with E-state index in [4.69, 9.17) is 9.47 Å². The van der Waals surface area contributed by atoms with Crippen LogP contribution in [0.2, 0.25) is 0 Å². The first-order valence-electron chi connectivity index (χ1n) is 8.61. The number of carbonyl (C=O) groups is 1. The van der Waals surface area contributed by atoms with Gasteiger partial charge >= 0.3 is 0 Å². The molecule has 0 amide bonds. The highest BCUT2D eigenvalue weighted by molar-refractivity contribution is 5.94. The lowest BCUT2D eigenvalue weighted by Crippen LogP contribution is -2.09. The molecule has 0 spiro atoms. The maximum Gasteiger partial charge on any atom is 0.162 e. The van der Waals surface area contributed by atoms with Gasteiger partial charge in [0.05, 0.1) is 5.52 Å². The molecule has 5 heteroatoms. The summed E-state index contributed by atoms with van der Waals surface area (Å²) in [4.78, 5) is 12.1. The number of methoxy groups -OCH3 is 1. The minimum Gasteiger partial charge on any atom is -0.488 e. The minimum atomic E-state index is -0.358. The lowest BCUT2D eigenvalue weighted by Gasteiger charge is -2.10. The van der Waals surface area contributed by atoms with E-state index in [0.717, 1.165) is 22.0 Å². The van der Waals surface area contributed by atoms with Gasteiger partial charge in [-0.15, -0.1) is 0 Å². The zero-order valence-electron chi connectivity index (χ0n) is 15.0. The molecule has 136 valence electrons. The summed E-state index contributed by atoms with van der Waals surface area (Å²) in [7, 11) is 1.50.